The number of hydrogen-bond acceptors (Lipinski definition) is 6. The van der Waals surface area contributed by atoms with E-state index in [0.29, 0.717) is 37.2 Å². The zero-order valence-electron chi connectivity index (χ0n) is 20.8. The Balaban J connectivity index is 1.37. The van der Waals surface area contributed by atoms with Gasteiger partial charge in [-0.05, 0) is 51.8 Å². The number of pyridine rings is 1. The van der Waals surface area contributed by atoms with E-state index < -0.39 is 10.8 Å². The number of ether oxygens (including phenoxy) is 1. The van der Waals surface area contributed by atoms with Crippen molar-refractivity contribution in [1.82, 2.24) is 10.4 Å². The predicted molar refractivity (Wildman–Crippen MR) is 159 cm³/mol. The number of nitrogens with zero attached hydrogens (tertiary/aromatic N) is 3. The Labute approximate surface area is 242 Å². The molecule has 198 valence electrons. The number of nitro benzene ring substituents is 1. The third-order valence-corrected chi connectivity index (χ3v) is 6.79. The summed E-state index contributed by atoms with van der Waals surface area (Å²) in [5, 5.41) is 17.1. The number of hydrazone groups is 1. The quantitative estimate of drug-likeness (QED) is 0.110. The fourth-order valence-electron chi connectivity index (χ4n) is 4.03. The van der Waals surface area contributed by atoms with Crippen molar-refractivity contribution in [3.05, 3.63) is 133 Å². The monoisotopic (exact) mass is 614 g/mol. The average Bonchev–Trinajstić information content (AvgIpc) is 2.97. The Morgan fingerprint density at radius 3 is 2.50 bits per heavy atom. The summed E-state index contributed by atoms with van der Waals surface area (Å²) in [4.78, 5) is 29.1. The van der Waals surface area contributed by atoms with E-state index in [9.17, 15) is 14.9 Å². The van der Waals surface area contributed by atoms with Crippen LogP contribution in [0.1, 0.15) is 21.5 Å². The van der Waals surface area contributed by atoms with Crippen LogP contribution in [-0.4, -0.2) is 22.0 Å². The maximum absolute atomic E-state index is 13.2. The molecule has 0 aliphatic rings. The van der Waals surface area contributed by atoms with Crippen LogP contribution in [0.5, 0.6) is 5.75 Å². The van der Waals surface area contributed by atoms with Gasteiger partial charge in [-0.25, -0.2) is 10.4 Å². The third kappa shape index (κ3) is 6.17. The summed E-state index contributed by atoms with van der Waals surface area (Å²) in [7, 11) is 0. The van der Waals surface area contributed by atoms with Gasteiger partial charge >= 0.3 is 5.69 Å². The van der Waals surface area contributed by atoms with Crippen LogP contribution < -0.4 is 10.2 Å². The van der Waals surface area contributed by atoms with E-state index in [2.05, 4.69) is 26.5 Å². The van der Waals surface area contributed by atoms with Crippen LogP contribution in [0.25, 0.3) is 22.2 Å². The molecule has 4 aromatic carbocycles. The lowest BCUT2D eigenvalue weighted by molar-refractivity contribution is -0.386. The first-order valence-electron chi connectivity index (χ1n) is 12.0. The summed E-state index contributed by atoms with van der Waals surface area (Å²) < 4.78 is 6.12. The molecular formula is C30H20BrClN4O4. The first kappa shape index (κ1) is 27.0. The molecule has 1 aromatic heterocycles. The highest BCUT2D eigenvalue weighted by Gasteiger charge is 2.20. The van der Waals surface area contributed by atoms with E-state index >= 15 is 0 Å². The van der Waals surface area contributed by atoms with Gasteiger partial charge in [-0.3, -0.25) is 14.9 Å². The van der Waals surface area contributed by atoms with E-state index in [1.165, 1.54) is 12.3 Å². The summed E-state index contributed by atoms with van der Waals surface area (Å²) >= 11 is 9.27. The van der Waals surface area contributed by atoms with Gasteiger partial charge in [-0.2, -0.15) is 5.10 Å². The molecule has 0 saturated heterocycles. The first-order valence-corrected chi connectivity index (χ1v) is 13.2. The third-order valence-electron chi connectivity index (χ3n) is 5.95. The highest BCUT2D eigenvalue weighted by Crippen LogP contribution is 2.36. The molecule has 0 spiro atoms. The number of fused-ring (bicyclic) bond motifs is 1. The standard InChI is InChI=1S/C30H20BrClN4O4/c31-25-14-20(15-28(36(38)39)29(25)40-18-19-10-12-22(32)13-11-19)17-33-35-30(37)24-16-27(21-6-2-1-3-7-21)34-26-9-5-4-8-23(24)26/h1-17H,18H2,(H,35,37)/b33-17-. The largest absolute Gasteiger partial charge is 0.481 e. The van der Waals surface area contributed by atoms with E-state index in [4.69, 9.17) is 21.3 Å². The second-order valence-electron chi connectivity index (χ2n) is 8.66. The van der Waals surface area contributed by atoms with Crippen molar-refractivity contribution in [2.75, 3.05) is 0 Å². The molecule has 5 rings (SSSR count). The molecule has 0 saturated carbocycles. The first-order chi connectivity index (χ1) is 19.4. The molecular weight excluding hydrogens is 596 g/mol. The van der Waals surface area contributed by atoms with Gasteiger partial charge in [0.15, 0.2) is 0 Å². The number of nitrogens with one attached hydrogen (secondary N) is 1. The van der Waals surface area contributed by atoms with Crippen LogP contribution in [0.3, 0.4) is 0 Å². The molecule has 0 fully saturated rings. The Kier molecular flexibility index (Phi) is 8.14. The highest BCUT2D eigenvalue weighted by molar-refractivity contribution is 9.10. The van der Waals surface area contributed by atoms with Crippen molar-refractivity contribution < 1.29 is 14.5 Å². The number of nitro groups is 1. The summed E-state index contributed by atoms with van der Waals surface area (Å²) in [6.45, 7) is 0.116. The van der Waals surface area contributed by atoms with Crippen LogP contribution >= 0.6 is 27.5 Å². The fourth-order valence-corrected chi connectivity index (χ4v) is 4.74. The van der Waals surface area contributed by atoms with Crippen LogP contribution in [0.15, 0.2) is 107 Å². The summed E-state index contributed by atoms with van der Waals surface area (Å²) in [5.41, 5.74) is 6.08. The second kappa shape index (κ2) is 12.1. The molecule has 1 amide bonds. The molecule has 5 aromatic rings. The molecule has 1 heterocycles. The number of hydrogen-bond donors (Lipinski definition) is 1. The van der Waals surface area contributed by atoms with Crippen molar-refractivity contribution >= 4 is 56.2 Å². The van der Waals surface area contributed by atoms with Gasteiger partial charge in [0.05, 0.1) is 32.4 Å². The zero-order chi connectivity index (χ0) is 28.1. The molecule has 0 aliphatic carbocycles. The van der Waals surface area contributed by atoms with Gasteiger partial charge < -0.3 is 4.74 Å². The Hall–Kier alpha value is -4.60. The van der Waals surface area contributed by atoms with E-state index in [1.54, 1.807) is 36.4 Å². The number of carbonyl (C=O) groups is 1. The molecule has 40 heavy (non-hydrogen) atoms. The van der Waals surface area contributed by atoms with Gasteiger partial charge in [0, 0.05) is 27.6 Å². The number of benzene rings is 4. The topological polar surface area (TPSA) is 107 Å². The summed E-state index contributed by atoms with van der Waals surface area (Å²) in [5.74, 6) is -0.360. The molecule has 0 unspecified atom stereocenters. The summed E-state index contributed by atoms with van der Waals surface area (Å²) in [6.07, 6.45) is 1.33. The number of halogens is 2. The normalized spacial score (nSPS) is 11.1. The maximum Gasteiger partial charge on any atom is 0.312 e. The van der Waals surface area contributed by atoms with Crippen molar-refractivity contribution in [3.63, 3.8) is 0 Å². The predicted octanol–water partition coefficient (Wildman–Crippen LogP) is 7.57. The smallest absolute Gasteiger partial charge is 0.312 e. The number of aromatic nitrogens is 1. The van der Waals surface area contributed by atoms with Crippen LogP contribution in [0, 0.1) is 10.1 Å². The van der Waals surface area contributed by atoms with Gasteiger partial charge in [-0.1, -0.05) is 72.3 Å². The van der Waals surface area contributed by atoms with Crippen molar-refractivity contribution in [1.29, 1.82) is 0 Å². The Morgan fingerprint density at radius 2 is 1.75 bits per heavy atom. The molecule has 0 aliphatic heterocycles. The van der Waals surface area contributed by atoms with Crippen molar-refractivity contribution in [2.24, 2.45) is 5.10 Å². The SMILES string of the molecule is O=C(N/N=C\c1cc(Br)c(OCc2ccc(Cl)cc2)c([N+](=O)[O-])c1)c1cc(-c2ccccc2)nc2ccccc12. The molecule has 0 radical (unpaired) electrons. The maximum atomic E-state index is 13.2. The molecule has 8 nitrogen and oxygen atoms in total. The fraction of sp³-hybridized carbons (Fsp3) is 0.0333. The minimum Gasteiger partial charge on any atom is -0.481 e. The van der Waals surface area contributed by atoms with Crippen LogP contribution in [-0.2, 0) is 6.61 Å². The lowest BCUT2D eigenvalue weighted by Crippen LogP contribution is -2.18. The number of carbonyl (C=O) groups excluding carboxylic acids is 1. The summed E-state index contributed by atoms with van der Waals surface area (Å²) in [6, 6.07) is 28.6. The van der Waals surface area contributed by atoms with Crippen LogP contribution in [0.2, 0.25) is 5.02 Å². The molecule has 0 bridgehead atoms. The average molecular weight is 616 g/mol. The van der Waals surface area contributed by atoms with E-state index in [0.717, 1.165) is 11.1 Å². The molecule has 1 N–H and O–H groups in total. The molecule has 0 atom stereocenters. The highest BCUT2D eigenvalue weighted by atomic mass is 79.9. The number of rotatable bonds is 8. The second-order valence-corrected chi connectivity index (χ2v) is 9.95. The van der Waals surface area contributed by atoms with E-state index in [1.807, 2.05) is 54.6 Å². The van der Waals surface area contributed by atoms with Gasteiger partial charge in [-0.15, -0.1) is 0 Å². The number of amides is 1. The van der Waals surface area contributed by atoms with Gasteiger partial charge in [0.1, 0.15) is 6.61 Å². The van der Waals surface area contributed by atoms with Crippen molar-refractivity contribution in [3.8, 4) is 17.0 Å². The minimum absolute atomic E-state index is 0.0813. The van der Waals surface area contributed by atoms with Gasteiger partial charge in [0.2, 0.25) is 5.75 Å². The lowest BCUT2D eigenvalue weighted by atomic mass is 10.0. The van der Waals surface area contributed by atoms with E-state index in [-0.39, 0.29) is 18.0 Å². The number of para-hydroxylation sites is 1. The van der Waals surface area contributed by atoms with Gasteiger partial charge in [0.25, 0.3) is 5.91 Å². The Bertz CT molecular complexity index is 1750. The van der Waals surface area contributed by atoms with Crippen LogP contribution in [0.4, 0.5) is 5.69 Å². The minimum atomic E-state index is -0.536. The zero-order valence-corrected chi connectivity index (χ0v) is 23.1. The molecule has 10 heteroatoms. The Morgan fingerprint density at radius 1 is 1.02 bits per heavy atom. The van der Waals surface area contributed by atoms with Crippen molar-refractivity contribution in [2.45, 2.75) is 6.61 Å². The lowest BCUT2D eigenvalue weighted by Gasteiger charge is -2.10.